The molecule has 6 heteroatoms. The topological polar surface area (TPSA) is 37.4 Å². The smallest absolute Gasteiger partial charge is 0.235 e. The molecule has 0 saturated heterocycles. The average Bonchev–Trinajstić information content (AvgIpc) is 2.59. The number of hydrogen-bond donors (Lipinski definition) is 0. The van der Waals surface area contributed by atoms with Gasteiger partial charge in [-0.05, 0) is 74.3 Å². The molecule has 0 radical (unpaired) electrons. The zero-order valence-electron chi connectivity index (χ0n) is 12.4. The molecule has 0 aliphatic rings. The number of anilines is 2. The molecule has 3 rings (SSSR count). The summed E-state index contributed by atoms with van der Waals surface area (Å²) in [6, 6.07) is 23.0. The molecule has 0 amide bonds. The molecule has 0 saturated carbocycles. The van der Waals surface area contributed by atoms with Gasteiger partial charge in [-0.15, -0.1) is 0 Å². The number of sulfonamides is 1. The fraction of sp³-hybridized carbons (Fsp3) is 0. The van der Waals surface area contributed by atoms with Gasteiger partial charge in [0, 0.05) is 8.95 Å². The highest BCUT2D eigenvalue weighted by molar-refractivity contribution is 9.13. The molecule has 0 atom stereocenters. The molecular weight excluding hydrogens is 454 g/mol. The van der Waals surface area contributed by atoms with Crippen molar-refractivity contribution in [2.45, 2.75) is 4.90 Å². The summed E-state index contributed by atoms with van der Waals surface area (Å²) < 4.78 is 29.4. The van der Waals surface area contributed by atoms with Gasteiger partial charge in [-0.1, -0.05) is 36.4 Å². The van der Waals surface area contributed by atoms with Crippen molar-refractivity contribution in [2.75, 3.05) is 4.31 Å². The molecule has 0 unspecified atom stereocenters. The minimum atomic E-state index is -3.76. The van der Waals surface area contributed by atoms with E-state index in [2.05, 4.69) is 31.9 Å². The van der Waals surface area contributed by atoms with E-state index >= 15 is 0 Å². The Hall–Kier alpha value is -1.63. The van der Waals surface area contributed by atoms with Crippen LogP contribution >= 0.6 is 31.9 Å². The first-order valence-corrected chi connectivity index (χ1v) is 10.1. The second kappa shape index (κ2) is 7.09. The van der Waals surface area contributed by atoms with E-state index in [0.29, 0.717) is 15.8 Å². The van der Waals surface area contributed by atoms with Crippen molar-refractivity contribution < 1.29 is 8.42 Å². The fourth-order valence-electron chi connectivity index (χ4n) is 2.30. The third-order valence-corrected chi connectivity index (χ3v) is 7.04. The van der Waals surface area contributed by atoms with Crippen LogP contribution in [0.2, 0.25) is 0 Å². The second-order valence-corrected chi connectivity index (χ2v) is 8.51. The summed E-state index contributed by atoms with van der Waals surface area (Å²) in [5.41, 5.74) is 1.17. The molecule has 0 N–H and O–H groups in total. The van der Waals surface area contributed by atoms with Gasteiger partial charge in [-0.3, -0.25) is 0 Å². The monoisotopic (exact) mass is 465 g/mol. The quantitative estimate of drug-likeness (QED) is 0.491. The lowest BCUT2D eigenvalue weighted by Gasteiger charge is -2.24. The highest BCUT2D eigenvalue weighted by atomic mass is 79.9. The first-order chi connectivity index (χ1) is 11.5. The number of halogens is 2. The molecule has 0 aliphatic heterocycles. The van der Waals surface area contributed by atoms with Gasteiger partial charge < -0.3 is 0 Å². The zero-order chi connectivity index (χ0) is 17.2. The fourth-order valence-corrected chi connectivity index (χ4v) is 4.59. The minimum absolute atomic E-state index is 0.213. The largest absolute Gasteiger partial charge is 0.268 e. The van der Waals surface area contributed by atoms with Gasteiger partial charge in [0.2, 0.25) is 0 Å². The first-order valence-electron chi connectivity index (χ1n) is 7.10. The lowest BCUT2D eigenvalue weighted by molar-refractivity contribution is 0.596. The van der Waals surface area contributed by atoms with Crippen molar-refractivity contribution >= 4 is 53.3 Å². The van der Waals surface area contributed by atoms with Crippen molar-refractivity contribution in [3.8, 4) is 0 Å². The lowest BCUT2D eigenvalue weighted by Crippen LogP contribution is -2.26. The molecule has 122 valence electrons. The first kappa shape index (κ1) is 17.2. The Bertz CT molecular complexity index is 906. The van der Waals surface area contributed by atoms with E-state index in [4.69, 9.17) is 0 Å². The van der Waals surface area contributed by atoms with Crippen LogP contribution in [-0.4, -0.2) is 8.42 Å². The van der Waals surface area contributed by atoms with Crippen molar-refractivity contribution in [2.24, 2.45) is 0 Å². The predicted molar refractivity (Wildman–Crippen MR) is 104 cm³/mol. The van der Waals surface area contributed by atoms with E-state index in [9.17, 15) is 8.42 Å². The average molecular weight is 467 g/mol. The molecule has 0 bridgehead atoms. The van der Waals surface area contributed by atoms with E-state index in [0.717, 1.165) is 4.47 Å². The Labute approximate surface area is 158 Å². The van der Waals surface area contributed by atoms with E-state index in [-0.39, 0.29) is 4.90 Å². The Kier molecular flexibility index (Phi) is 5.08. The maximum absolute atomic E-state index is 13.3. The number of hydrogen-bond acceptors (Lipinski definition) is 2. The summed E-state index contributed by atoms with van der Waals surface area (Å²) in [6.07, 6.45) is 0. The van der Waals surface area contributed by atoms with Crippen LogP contribution in [0.25, 0.3) is 0 Å². The van der Waals surface area contributed by atoms with Crippen LogP contribution in [0.3, 0.4) is 0 Å². The molecule has 24 heavy (non-hydrogen) atoms. The Morgan fingerprint density at radius 2 is 1.17 bits per heavy atom. The molecule has 0 aromatic heterocycles. The molecule has 0 fully saturated rings. The Morgan fingerprint density at radius 3 is 1.62 bits per heavy atom. The standard InChI is InChI=1S/C18H13Br2NO2S/c19-17-12-11-16(13-18(17)20)24(22,23)21(14-7-3-1-4-8-14)15-9-5-2-6-10-15/h1-13H. The molecule has 0 heterocycles. The van der Waals surface area contributed by atoms with Gasteiger partial charge in [0.05, 0.1) is 16.3 Å². The van der Waals surface area contributed by atoms with Gasteiger partial charge >= 0.3 is 0 Å². The highest BCUT2D eigenvalue weighted by Crippen LogP contribution is 2.34. The summed E-state index contributed by atoms with van der Waals surface area (Å²) in [4.78, 5) is 0.213. The maximum Gasteiger partial charge on any atom is 0.268 e. The third-order valence-electron chi connectivity index (χ3n) is 3.41. The SMILES string of the molecule is O=S(=O)(c1ccc(Br)c(Br)c1)N(c1ccccc1)c1ccccc1. The second-order valence-electron chi connectivity index (χ2n) is 5.02. The van der Waals surface area contributed by atoms with Crippen LogP contribution < -0.4 is 4.31 Å². The molecule has 3 aromatic carbocycles. The minimum Gasteiger partial charge on any atom is -0.235 e. The lowest BCUT2D eigenvalue weighted by atomic mass is 10.3. The summed E-state index contributed by atoms with van der Waals surface area (Å²) in [7, 11) is -3.76. The van der Waals surface area contributed by atoms with Crippen LogP contribution in [0.15, 0.2) is 92.7 Å². The van der Waals surface area contributed by atoms with E-state index in [1.54, 1.807) is 42.5 Å². The number of rotatable bonds is 4. The van der Waals surface area contributed by atoms with Crippen LogP contribution in [0.5, 0.6) is 0 Å². The van der Waals surface area contributed by atoms with Crippen molar-refractivity contribution in [1.29, 1.82) is 0 Å². The van der Waals surface area contributed by atoms with E-state index in [1.807, 2.05) is 36.4 Å². The number of nitrogens with zero attached hydrogens (tertiary/aromatic N) is 1. The van der Waals surface area contributed by atoms with Crippen LogP contribution in [0.1, 0.15) is 0 Å². The van der Waals surface area contributed by atoms with Crippen LogP contribution in [0, 0.1) is 0 Å². The Balaban J connectivity index is 2.20. The summed E-state index contributed by atoms with van der Waals surface area (Å²) in [5, 5.41) is 0. The van der Waals surface area contributed by atoms with E-state index < -0.39 is 10.0 Å². The van der Waals surface area contributed by atoms with Crippen molar-refractivity contribution in [3.63, 3.8) is 0 Å². The summed E-state index contributed by atoms with van der Waals surface area (Å²) in [6.45, 7) is 0. The zero-order valence-corrected chi connectivity index (χ0v) is 16.4. The van der Waals surface area contributed by atoms with Gasteiger partial charge in [-0.2, -0.15) is 0 Å². The molecule has 0 aliphatic carbocycles. The summed E-state index contributed by atoms with van der Waals surface area (Å²) >= 11 is 6.74. The molecule has 0 spiro atoms. The van der Waals surface area contributed by atoms with Gasteiger partial charge in [-0.25, -0.2) is 12.7 Å². The predicted octanol–water partition coefficient (Wildman–Crippen LogP) is 5.74. The normalized spacial score (nSPS) is 11.2. The van der Waals surface area contributed by atoms with Crippen LogP contribution in [-0.2, 0) is 10.0 Å². The molecule has 3 nitrogen and oxygen atoms in total. The number of para-hydroxylation sites is 2. The van der Waals surface area contributed by atoms with Crippen molar-refractivity contribution in [1.82, 2.24) is 0 Å². The van der Waals surface area contributed by atoms with Gasteiger partial charge in [0.25, 0.3) is 10.0 Å². The van der Waals surface area contributed by atoms with Crippen molar-refractivity contribution in [3.05, 3.63) is 87.8 Å². The molecular formula is C18H13Br2NO2S. The summed E-state index contributed by atoms with van der Waals surface area (Å²) in [5.74, 6) is 0. The number of benzene rings is 3. The van der Waals surface area contributed by atoms with Crippen LogP contribution in [0.4, 0.5) is 11.4 Å². The Morgan fingerprint density at radius 1 is 0.667 bits per heavy atom. The van der Waals surface area contributed by atoms with Gasteiger partial charge in [0.15, 0.2) is 0 Å². The highest BCUT2D eigenvalue weighted by Gasteiger charge is 2.27. The van der Waals surface area contributed by atoms with Gasteiger partial charge in [0.1, 0.15) is 0 Å². The molecule has 3 aromatic rings. The van der Waals surface area contributed by atoms with E-state index in [1.165, 1.54) is 4.31 Å². The maximum atomic E-state index is 13.3. The third kappa shape index (κ3) is 3.41.